The van der Waals surface area contributed by atoms with E-state index >= 15 is 0 Å². The summed E-state index contributed by atoms with van der Waals surface area (Å²) in [6.07, 6.45) is 3.30. The topological polar surface area (TPSA) is 51.2 Å². The molecule has 168 valence electrons. The SMILES string of the molecule is C/C=C(\CCC(O)(Cc1ccccc1OC)C1CN(Cc2ccccc2)CCO1)OC. The molecule has 5 heteroatoms. The van der Waals surface area contributed by atoms with Crippen LogP contribution in [0, 0.1) is 0 Å². The molecule has 0 radical (unpaired) electrons. The Hall–Kier alpha value is -2.34. The summed E-state index contributed by atoms with van der Waals surface area (Å²) in [4.78, 5) is 2.36. The molecule has 1 aliphatic heterocycles. The normalized spacial score (nSPS) is 19.6. The third-order valence-corrected chi connectivity index (χ3v) is 6.08. The molecule has 0 saturated carbocycles. The van der Waals surface area contributed by atoms with E-state index in [2.05, 4.69) is 29.2 Å². The zero-order valence-corrected chi connectivity index (χ0v) is 18.9. The highest BCUT2D eigenvalue weighted by atomic mass is 16.5. The highest BCUT2D eigenvalue weighted by Gasteiger charge is 2.41. The molecule has 0 spiro atoms. The van der Waals surface area contributed by atoms with Crippen LogP contribution in [0.4, 0.5) is 0 Å². The molecule has 0 amide bonds. The molecule has 2 atom stereocenters. The summed E-state index contributed by atoms with van der Waals surface area (Å²) in [7, 11) is 3.34. The van der Waals surface area contributed by atoms with Crippen LogP contribution in [0.5, 0.6) is 5.75 Å². The third-order valence-electron chi connectivity index (χ3n) is 6.08. The largest absolute Gasteiger partial charge is 0.501 e. The van der Waals surface area contributed by atoms with Crippen molar-refractivity contribution in [2.75, 3.05) is 33.9 Å². The standard InChI is InChI=1S/C26H35NO4/c1-4-23(29-2)14-15-26(28,18-22-12-8-9-13-24(22)30-3)25-20-27(16-17-31-25)19-21-10-6-5-7-11-21/h4-13,25,28H,14-20H2,1-3H3/b23-4+. The van der Waals surface area contributed by atoms with Gasteiger partial charge in [0.1, 0.15) is 5.75 Å². The first kappa shape index (κ1) is 23.3. The number of para-hydroxylation sites is 1. The monoisotopic (exact) mass is 425 g/mol. The summed E-state index contributed by atoms with van der Waals surface area (Å²) < 4.78 is 17.2. The minimum Gasteiger partial charge on any atom is -0.501 e. The Labute approximate surface area is 186 Å². The number of morpholine rings is 1. The zero-order chi connectivity index (χ0) is 22.1. The number of hydrogen-bond acceptors (Lipinski definition) is 5. The van der Waals surface area contributed by atoms with Gasteiger partial charge in [0.15, 0.2) is 0 Å². The van der Waals surface area contributed by atoms with Gasteiger partial charge in [-0.3, -0.25) is 4.90 Å². The molecule has 3 rings (SSSR count). The van der Waals surface area contributed by atoms with E-state index in [0.717, 1.165) is 30.2 Å². The predicted molar refractivity (Wildman–Crippen MR) is 123 cm³/mol. The second-order valence-electron chi connectivity index (χ2n) is 8.13. The van der Waals surface area contributed by atoms with Gasteiger partial charge in [-0.25, -0.2) is 0 Å². The first-order valence-corrected chi connectivity index (χ1v) is 11.0. The molecule has 31 heavy (non-hydrogen) atoms. The second-order valence-corrected chi connectivity index (χ2v) is 8.13. The Morgan fingerprint density at radius 2 is 1.90 bits per heavy atom. The molecule has 2 aromatic rings. The van der Waals surface area contributed by atoms with Gasteiger partial charge in [-0.1, -0.05) is 48.5 Å². The van der Waals surface area contributed by atoms with E-state index in [1.807, 2.05) is 43.3 Å². The van der Waals surface area contributed by atoms with Crippen LogP contribution in [0.25, 0.3) is 0 Å². The summed E-state index contributed by atoms with van der Waals surface area (Å²) in [5.74, 6) is 1.66. The van der Waals surface area contributed by atoms with Gasteiger partial charge in [-0.15, -0.1) is 0 Å². The predicted octanol–water partition coefficient (Wildman–Crippen LogP) is 4.20. The minimum atomic E-state index is -1.04. The van der Waals surface area contributed by atoms with Crippen molar-refractivity contribution in [3.05, 3.63) is 77.6 Å². The van der Waals surface area contributed by atoms with Crippen LogP contribution in [-0.4, -0.2) is 55.6 Å². The quantitative estimate of drug-likeness (QED) is 0.578. The zero-order valence-electron chi connectivity index (χ0n) is 18.9. The van der Waals surface area contributed by atoms with E-state index in [9.17, 15) is 5.11 Å². The Morgan fingerprint density at radius 1 is 1.16 bits per heavy atom. The molecule has 2 unspecified atom stereocenters. The molecule has 1 fully saturated rings. The lowest BCUT2D eigenvalue weighted by atomic mass is 9.83. The van der Waals surface area contributed by atoms with Gasteiger partial charge in [0.2, 0.25) is 0 Å². The van der Waals surface area contributed by atoms with Gasteiger partial charge in [-0.05, 0) is 36.6 Å². The van der Waals surface area contributed by atoms with Crippen LogP contribution in [-0.2, 0) is 22.4 Å². The van der Waals surface area contributed by atoms with Crippen LogP contribution in [0.2, 0.25) is 0 Å². The number of ether oxygens (including phenoxy) is 3. The summed E-state index contributed by atoms with van der Waals surface area (Å²) in [6, 6.07) is 18.3. The van der Waals surface area contributed by atoms with Gasteiger partial charge in [0.25, 0.3) is 0 Å². The van der Waals surface area contributed by atoms with Crippen molar-refractivity contribution in [2.45, 2.75) is 44.4 Å². The number of methoxy groups -OCH3 is 2. The van der Waals surface area contributed by atoms with E-state index in [1.54, 1.807) is 14.2 Å². The molecular formula is C26H35NO4. The molecule has 5 nitrogen and oxygen atoms in total. The molecule has 1 N–H and O–H groups in total. The van der Waals surface area contributed by atoms with Crippen molar-refractivity contribution in [1.82, 2.24) is 4.90 Å². The molecule has 2 aromatic carbocycles. The molecular weight excluding hydrogens is 390 g/mol. The number of aliphatic hydroxyl groups is 1. The number of nitrogens with zero attached hydrogens (tertiary/aromatic N) is 1. The van der Waals surface area contributed by atoms with E-state index < -0.39 is 5.60 Å². The first-order chi connectivity index (χ1) is 15.1. The molecule has 0 aliphatic carbocycles. The van der Waals surface area contributed by atoms with E-state index in [0.29, 0.717) is 32.4 Å². The molecule has 1 heterocycles. The average molecular weight is 426 g/mol. The van der Waals surface area contributed by atoms with Crippen molar-refractivity contribution in [1.29, 1.82) is 0 Å². The maximum atomic E-state index is 11.9. The molecule has 0 bridgehead atoms. The fourth-order valence-electron chi connectivity index (χ4n) is 4.26. The van der Waals surface area contributed by atoms with Crippen LogP contribution in [0.15, 0.2) is 66.4 Å². The van der Waals surface area contributed by atoms with Gasteiger partial charge < -0.3 is 19.3 Å². The summed E-state index contributed by atoms with van der Waals surface area (Å²) in [5.41, 5.74) is 1.21. The Morgan fingerprint density at radius 3 is 2.61 bits per heavy atom. The van der Waals surface area contributed by atoms with Gasteiger partial charge in [0, 0.05) is 32.5 Å². The van der Waals surface area contributed by atoms with Crippen molar-refractivity contribution < 1.29 is 19.3 Å². The Kier molecular flexibility index (Phi) is 8.52. The fourth-order valence-corrected chi connectivity index (χ4v) is 4.26. The number of rotatable bonds is 10. The average Bonchev–Trinajstić information content (AvgIpc) is 2.81. The Balaban J connectivity index is 1.80. The van der Waals surface area contributed by atoms with Gasteiger partial charge in [-0.2, -0.15) is 0 Å². The van der Waals surface area contributed by atoms with Crippen LogP contribution in [0.3, 0.4) is 0 Å². The fraction of sp³-hybridized carbons (Fsp3) is 0.462. The lowest BCUT2D eigenvalue weighted by Crippen LogP contribution is -2.55. The Bertz CT molecular complexity index is 838. The highest BCUT2D eigenvalue weighted by Crippen LogP contribution is 2.32. The molecule has 1 saturated heterocycles. The van der Waals surface area contributed by atoms with E-state index in [4.69, 9.17) is 14.2 Å². The number of hydrogen-bond donors (Lipinski definition) is 1. The van der Waals surface area contributed by atoms with E-state index in [-0.39, 0.29) is 6.10 Å². The summed E-state index contributed by atoms with van der Waals surface area (Å²) in [5, 5.41) is 11.9. The van der Waals surface area contributed by atoms with Crippen LogP contribution in [0.1, 0.15) is 30.9 Å². The van der Waals surface area contributed by atoms with Crippen molar-refractivity contribution in [3.63, 3.8) is 0 Å². The van der Waals surface area contributed by atoms with Crippen molar-refractivity contribution >= 4 is 0 Å². The third kappa shape index (κ3) is 6.33. The highest BCUT2D eigenvalue weighted by molar-refractivity contribution is 5.34. The van der Waals surface area contributed by atoms with Crippen molar-refractivity contribution in [2.24, 2.45) is 0 Å². The molecule has 1 aliphatic rings. The van der Waals surface area contributed by atoms with Crippen molar-refractivity contribution in [3.8, 4) is 5.75 Å². The number of benzene rings is 2. The van der Waals surface area contributed by atoms with Gasteiger partial charge >= 0.3 is 0 Å². The lowest BCUT2D eigenvalue weighted by molar-refractivity contribution is -0.148. The summed E-state index contributed by atoms with van der Waals surface area (Å²) >= 11 is 0. The number of allylic oxidation sites excluding steroid dienone is 2. The van der Waals surface area contributed by atoms with Crippen LogP contribution >= 0.6 is 0 Å². The van der Waals surface area contributed by atoms with Crippen LogP contribution < -0.4 is 4.74 Å². The minimum absolute atomic E-state index is 0.301. The maximum absolute atomic E-state index is 11.9. The smallest absolute Gasteiger partial charge is 0.122 e. The van der Waals surface area contributed by atoms with E-state index in [1.165, 1.54) is 5.56 Å². The van der Waals surface area contributed by atoms with Gasteiger partial charge in [0.05, 0.1) is 38.3 Å². The maximum Gasteiger partial charge on any atom is 0.122 e. The summed E-state index contributed by atoms with van der Waals surface area (Å²) in [6.45, 7) is 4.94. The lowest BCUT2D eigenvalue weighted by Gasteiger charge is -2.42. The first-order valence-electron chi connectivity index (χ1n) is 11.0. The second kappa shape index (κ2) is 11.3. The molecule has 0 aromatic heterocycles.